The summed E-state index contributed by atoms with van der Waals surface area (Å²) >= 11 is 0. The van der Waals surface area contributed by atoms with Gasteiger partial charge in [-0.25, -0.2) is 0 Å². The van der Waals surface area contributed by atoms with Crippen LogP contribution >= 0.6 is 0 Å². The van der Waals surface area contributed by atoms with Crippen molar-refractivity contribution >= 4 is 0 Å². The molecule has 4 aliphatic rings. The van der Waals surface area contributed by atoms with Crippen molar-refractivity contribution in [2.75, 3.05) is 0 Å². The molecule has 1 N–H and O–H groups in total. The van der Waals surface area contributed by atoms with Gasteiger partial charge in [0.1, 0.15) is 0 Å². The van der Waals surface area contributed by atoms with Crippen LogP contribution in [-0.2, 0) is 0 Å². The van der Waals surface area contributed by atoms with Crippen LogP contribution in [0.3, 0.4) is 0 Å². The number of fused-ring (bicyclic) bond motifs is 5. The van der Waals surface area contributed by atoms with Crippen LogP contribution < -0.4 is 0 Å². The molecule has 0 spiro atoms. The molecule has 4 saturated carbocycles. The first kappa shape index (κ1) is 15.5. The van der Waals surface area contributed by atoms with Crippen molar-refractivity contribution in [3.05, 3.63) is 0 Å². The Morgan fingerprint density at radius 2 is 1.59 bits per heavy atom. The maximum Gasteiger partial charge on any atom is 0.0545 e. The van der Waals surface area contributed by atoms with Crippen molar-refractivity contribution in [1.82, 2.24) is 0 Å². The van der Waals surface area contributed by atoms with Gasteiger partial charge in [0, 0.05) is 0 Å². The van der Waals surface area contributed by atoms with E-state index in [9.17, 15) is 5.11 Å². The number of hydrogen-bond acceptors (Lipinski definition) is 1. The van der Waals surface area contributed by atoms with Crippen molar-refractivity contribution in [3.8, 4) is 0 Å². The third-order valence-electron chi connectivity index (χ3n) is 9.24. The molecule has 1 nitrogen and oxygen atoms in total. The maximum atomic E-state index is 10.3. The van der Waals surface area contributed by atoms with E-state index in [4.69, 9.17) is 0 Å². The smallest absolute Gasteiger partial charge is 0.0545 e. The van der Waals surface area contributed by atoms with Crippen LogP contribution in [0, 0.1) is 40.4 Å². The van der Waals surface area contributed by atoms with Gasteiger partial charge in [-0.15, -0.1) is 0 Å². The van der Waals surface area contributed by atoms with Gasteiger partial charge in [-0.05, 0) is 98.7 Å². The van der Waals surface area contributed by atoms with Crippen molar-refractivity contribution in [1.29, 1.82) is 0 Å². The van der Waals surface area contributed by atoms with Crippen LogP contribution in [0.2, 0.25) is 0 Å². The summed E-state index contributed by atoms with van der Waals surface area (Å²) in [7, 11) is 0. The number of hydrogen-bond donors (Lipinski definition) is 1. The topological polar surface area (TPSA) is 20.2 Å². The fourth-order valence-corrected chi connectivity index (χ4v) is 8.13. The first-order chi connectivity index (χ1) is 10.5. The molecule has 0 heterocycles. The van der Waals surface area contributed by atoms with E-state index in [2.05, 4.69) is 13.8 Å². The molecule has 0 aromatic carbocycles. The van der Waals surface area contributed by atoms with E-state index in [0.29, 0.717) is 16.7 Å². The first-order valence-electron chi connectivity index (χ1n) is 10.1. The minimum atomic E-state index is -0.104. The van der Waals surface area contributed by atoms with Crippen LogP contribution in [0.5, 0.6) is 0 Å². The molecule has 22 heavy (non-hydrogen) atoms. The fourth-order valence-electron chi connectivity index (χ4n) is 8.13. The molecule has 4 aliphatic carbocycles. The van der Waals surface area contributed by atoms with Gasteiger partial charge in [0.2, 0.25) is 0 Å². The van der Waals surface area contributed by atoms with Crippen LogP contribution in [0.15, 0.2) is 0 Å². The quantitative estimate of drug-likeness (QED) is 0.686. The largest absolute Gasteiger partial charge is 0.393 e. The second-order valence-corrected chi connectivity index (χ2v) is 9.87. The van der Waals surface area contributed by atoms with E-state index in [0.717, 1.165) is 23.7 Å². The monoisotopic (exact) mass is 304 g/mol. The second kappa shape index (κ2) is 5.23. The molecular formula is C21H36O. The summed E-state index contributed by atoms with van der Waals surface area (Å²) in [6, 6.07) is 0. The minimum absolute atomic E-state index is 0.104. The molecule has 4 rings (SSSR count). The van der Waals surface area contributed by atoms with Crippen molar-refractivity contribution in [2.24, 2.45) is 40.4 Å². The van der Waals surface area contributed by atoms with E-state index in [-0.39, 0.29) is 6.10 Å². The van der Waals surface area contributed by atoms with Crippen molar-refractivity contribution in [3.63, 3.8) is 0 Å². The van der Waals surface area contributed by atoms with E-state index >= 15 is 0 Å². The van der Waals surface area contributed by atoms with E-state index < -0.39 is 0 Å². The van der Waals surface area contributed by atoms with Gasteiger partial charge in [0.15, 0.2) is 0 Å². The fraction of sp³-hybridized carbons (Fsp3) is 1.00. The molecule has 0 aromatic heterocycles. The lowest BCUT2D eigenvalue weighted by Crippen LogP contribution is -2.53. The van der Waals surface area contributed by atoms with Crippen LogP contribution in [0.4, 0.5) is 0 Å². The van der Waals surface area contributed by atoms with Crippen molar-refractivity contribution in [2.45, 2.75) is 91.1 Å². The van der Waals surface area contributed by atoms with Gasteiger partial charge < -0.3 is 5.11 Å². The second-order valence-electron chi connectivity index (χ2n) is 9.87. The SMILES string of the molecule is CC(O)[C@H]1CC[C@H]2[C@@H]3CCC4CCCC[C@]4(C)[C@H]3CC[C@]12C. The molecule has 0 radical (unpaired) electrons. The minimum Gasteiger partial charge on any atom is -0.393 e. The summed E-state index contributed by atoms with van der Waals surface area (Å²) in [6.45, 7) is 7.24. The number of rotatable bonds is 1. The number of aliphatic hydroxyl groups is 1. The van der Waals surface area contributed by atoms with Gasteiger partial charge >= 0.3 is 0 Å². The molecule has 0 aliphatic heterocycles. The molecule has 126 valence electrons. The highest BCUT2D eigenvalue weighted by molar-refractivity contribution is 5.09. The Hall–Kier alpha value is -0.0400. The van der Waals surface area contributed by atoms with Gasteiger partial charge in [-0.3, -0.25) is 0 Å². The van der Waals surface area contributed by atoms with E-state index in [1.54, 1.807) is 0 Å². The molecule has 0 amide bonds. The Kier molecular flexibility index (Phi) is 3.68. The maximum absolute atomic E-state index is 10.3. The van der Waals surface area contributed by atoms with Crippen LogP contribution in [-0.4, -0.2) is 11.2 Å². The molecule has 0 aromatic rings. The van der Waals surface area contributed by atoms with E-state index in [1.807, 2.05) is 6.92 Å². The first-order valence-corrected chi connectivity index (χ1v) is 10.1. The standard InChI is InChI=1S/C21H36O/c1-14(22)17-9-10-18-16-8-7-15-6-4-5-12-20(15,2)19(16)11-13-21(17,18)3/h14-19,22H,4-13H2,1-3H3/t14?,15?,16-,17+,18-,19-,20-,21+/m0/s1. The molecule has 0 saturated heterocycles. The lowest BCUT2D eigenvalue weighted by Gasteiger charge is -2.60. The lowest BCUT2D eigenvalue weighted by molar-refractivity contribution is -0.118. The zero-order valence-electron chi connectivity index (χ0n) is 15.0. The predicted octanol–water partition coefficient (Wildman–Crippen LogP) is 5.42. The Morgan fingerprint density at radius 3 is 2.36 bits per heavy atom. The summed E-state index contributed by atoms with van der Waals surface area (Å²) in [4.78, 5) is 0. The molecule has 2 unspecified atom stereocenters. The molecule has 0 bridgehead atoms. The third-order valence-corrected chi connectivity index (χ3v) is 9.24. The van der Waals surface area contributed by atoms with Gasteiger partial charge in [-0.2, -0.15) is 0 Å². The molecular weight excluding hydrogens is 268 g/mol. The number of aliphatic hydroxyl groups excluding tert-OH is 1. The predicted molar refractivity (Wildman–Crippen MR) is 91.5 cm³/mol. The van der Waals surface area contributed by atoms with Gasteiger partial charge in [0.05, 0.1) is 6.10 Å². The normalized spacial score (nSPS) is 55.9. The van der Waals surface area contributed by atoms with Gasteiger partial charge in [0.25, 0.3) is 0 Å². The van der Waals surface area contributed by atoms with Crippen molar-refractivity contribution < 1.29 is 5.11 Å². The highest BCUT2D eigenvalue weighted by Crippen LogP contribution is 2.67. The Labute approximate surface area is 137 Å². The average Bonchev–Trinajstić information content (AvgIpc) is 2.84. The summed E-state index contributed by atoms with van der Waals surface area (Å²) in [5.74, 6) is 4.47. The summed E-state index contributed by atoms with van der Waals surface area (Å²) in [5.41, 5.74) is 1.10. The lowest BCUT2D eigenvalue weighted by atomic mass is 9.45. The van der Waals surface area contributed by atoms with Crippen LogP contribution in [0.1, 0.15) is 85.0 Å². The van der Waals surface area contributed by atoms with Crippen LogP contribution in [0.25, 0.3) is 0 Å². The zero-order chi connectivity index (χ0) is 15.5. The summed E-state index contributed by atoms with van der Waals surface area (Å²) in [6.07, 6.45) is 14.4. The molecule has 8 atom stereocenters. The average molecular weight is 305 g/mol. The summed E-state index contributed by atoms with van der Waals surface area (Å²) in [5, 5.41) is 10.3. The Balaban J connectivity index is 1.62. The molecule has 1 heteroatoms. The van der Waals surface area contributed by atoms with Gasteiger partial charge in [-0.1, -0.05) is 26.7 Å². The highest BCUT2D eigenvalue weighted by atomic mass is 16.3. The highest BCUT2D eigenvalue weighted by Gasteiger charge is 2.60. The Morgan fingerprint density at radius 1 is 0.818 bits per heavy atom. The molecule has 4 fully saturated rings. The zero-order valence-corrected chi connectivity index (χ0v) is 15.0. The Bertz CT molecular complexity index is 430. The summed E-state index contributed by atoms with van der Waals surface area (Å²) < 4.78 is 0. The third kappa shape index (κ3) is 2.00. The van der Waals surface area contributed by atoms with E-state index in [1.165, 1.54) is 64.2 Å².